The predicted molar refractivity (Wildman–Crippen MR) is 163 cm³/mol. The fraction of sp³-hybridized carbons (Fsp3) is 0.241. The van der Waals surface area contributed by atoms with E-state index in [1.807, 2.05) is 24.4 Å². The Morgan fingerprint density at radius 2 is 1.93 bits per heavy atom. The first-order valence-corrected chi connectivity index (χ1v) is 15.3. The van der Waals surface area contributed by atoms with Crippen molar-refractivity contribution in [1.82, 2.24) is 19.4 Å². The van der Waals surface area contributed by atoms with E-state index in [-0.39, 0.29) is 21.7 Å². The number of hydrogen-bond acceptors (Lipinski definition) is 9. The summed E-state index contributed by atoms with van der Waals surface area (Å²) in [6.45, 7) is 4.12. The van der Waals surface area contributed by atoms with Gasteiger partial charge in [-0.2, -0.15) is 23.5 Å². The smallest absolute Gasteiger partial charge is 0.390 e. The lowest BCUT2D eigenvalue weighted by molar-refractivity contribution is -0.0580. The molecule has 2 aromatic carbocycles. The van der Waals surface area contributed by atoms with Crippen molar-refractivity contribution < 1.29 is 18.3 Å². The highest BCUT2D eigenvalue weighted by atomic mass is 35.5. The standard InChI is InChI=1S/C29H23ClF3N7OS2/c1-2-40-14-22(21-9-17(5-8-23(21)40)27-35-19(15-42-27)11-39-12-20(41)13-39)26(29(31,32)33)37-38-28-36-25(24(10-34)43-28)16-3-6-18(30)7-4-16/h3-9,14-15,20,41H,2,11-13H2,1H3,(H,36,38)/b37-26-. The van der Waals surface area contributed by atoms with Crippen LogP contribution >= 0.6 is 34.3 Å². The number of hydrogen-bond donors (Lipinski definition) is 2. The lowest BCUT2D eigenvalue weighted by Gasteiger charge is -2.35. The molecule has 14 heteroatoms. The predicted octanol–water partition coefficient (Wildman–Crippen LogP) is 6.99. The van der Waals surface area contributed by atoms with Crippen molar-refractivity contribution >= 4 is 56.0 Å². The zero-order valence-corrected chi connectivity index (χ0v) is 24.9. The van der Waals surface area contributed by atoms with E-state index in [1.54, 1.807) is 41.0 Å². The number of benzene rings is 2. The lowest BCUT2D eigenvalue weighted by atomic mass is 10.1. The number of β-amino-alcohol motifs (C(OH)–C–C–N with tert-alkyl or cyclic N) is 1. The van der Waals surface area contributed by atoms with Gasteiger partial charge in [-0.15, -0.1) is 11.3 Å². The maximum absolute atomic E-state index is 14.5. The SMILES string of the molecule is CCn1cc(/C(=N/Nc2nc(-c3ccc(Cl)cc3)c(C#N)s2)C(F)(F)F)c2cc(-c3nc(CN4CC(O)C4)cs3)ccc21. The molecule has 1 aliphatic heterocycles. The molecule has 1 saturated heterocycles. The van der Waals surface area contributed by atoms with Gasteiger partial charge in [0.05, 0.1) is 11.8 Å². The van der Waals surface area contributed by atoms with Gasteiger partial charge >= 0.3 is 6.18 Å². The van der Waals surface area contributed by atoms with Gasteiger partial charge in [-0.1, -0.05) is 35.1 Å². The summed E-state index contributed by atoms with van der Waals surface area (Å²) in [5, 5.41) is 26.5. The van der Waals surface area contributed by atoms with E-state index in [0.717, 1.165) is 17.0 Å². The fourth-order valence-corrected chi connectivity index (χ4v) is 6.58. The number of aliphatic hydroxyl groups is 1. The van der Waals surface area contributed by atoms with Crippen LogP contribution in [0.2, 0.25) is 5.02 Å². The quantitative estimate of drug-likeness (QED) is 0.140. The van der Waals surface area contributed by atoms with E-state index in [4.69, 9.17) is 16.6 Å². The normalized spacial score (nSPS) is 14.7. The summed E-state index contributed by atoms with van der Waals surface area (Å²) in [6.07, 6.45) is -3.65. The van der Waals surface area contributed by atoms with Crippen LogP contribution in [-0.2, 0) is 13.1 Å². The first-order valence-electron chi connectivity index (χ1n) is 13.2. The molecule has 0 radical (unpaired) electrons. The number of thiazole rings is 2. The third kappa shape index (κ3) is 6.02. The number of aliphatic hydroxyl groups excluding tert-OH is 1. The number of aryl methyl sites for hydroxylation is 1. The highest BCUT2D eigenvalue weighted by Crippen LogP contribution is 2.35. The van der Waals surface area contributed by atoms with Gasteiger partial charge in [-0.3, -0.25) is 10.3 Å². The maximum Gasteiger partial charge on any atom is 0.435 e. The van der Waals surface area contributed by atoms with E-state index >= 15 is 0 Å². The topological polar surface area (TPSA) is 102 Å². The van der Waals surface area contributed by atoms with Gasteiger partial charge in [0.15, 0.2) is 5.71 Å². The average molecular weight is 642 g/mol. The molecule has 0 spiro atoms. The molecular formula is C29H23ClF3N7OS2. The van der Waals surface area contributed by atoms with Crippen molar-refractivity contribution in [3.05, 3.63) is 75.2 Å². The third-order valence-electron chi connectivity index (χ3n) is 6.98. The Morgan fingerprint density at radius 3 is 2.60 bits per heavy atom. The minimum Gasteiger partial charge on any atom is -0.390 e. The first-order chi connectivity index (χ1) is 20.6. The molecule has 1 aliphatic rings. The van der Waals surface area contributed by atoms with E-state index in [2.05, 4.69) is 20.4 Å². The molecule has 220 valence electrons. The molecule has 8 nitrogen and oxygen atoms in total. The van der Waals surface area contributed by atoms with Crippen LogP contribution in [-0.4, -0.2) is 55.6 Å². The zero-order chi connectivity index (χ0) is 30.3. The molecule has 6 rings (SSSR count). The summed E-state index contributed by atoms with van der Waals surface area (Å²) >= 11 is 8.29. The van der Waals surface area contributed by atoms with Gasteiger partial charge in [0.2, 0.25) is 5.13 Å². The number of nitrogens with zero attached hydrogens (tertiary/aromatic N) is 6. The number of halogens is 4. The molecule has 0 aliphatic carbocycles. The molecule has 4 heterocycles. The number of fused-ring (bicyclic) bond motifs is 1. The van der Waals surface area contributed by atoms with Gasteiger partial charge in [-0.25, -0.2) is 9.97 Å². The summed E-state index contributed by atoms with van der Waals surface area (Å²) in [5.41, 5.74) is 4.38. The van der Waals surface area contributed by atoms with Crippen molar-refractivity contribution in [1.29, 1.82) is 5.26 Å². The second kappa shape index (κ2) is 11.7. The zero-order valence-electron chi connectivity index (χ0n) is 22.6. The summed E-state index contributed by atoms with van der Waals surface area (Å²) in [5.74, 6) is 0. The van der Waals surface area contributed by atoms with Crippen LogP contribution in [0.5, 0.6) is 0 Å². The Bertz CT molecular complexity index is 1870. The molecule has 0 bridgehead atoms. The van der Waals surface area contributed by atoms with E-state index in [1.165, 1.54) is 17.5 Å². The number of anilines is 1. The molecule has 0 amide bonds. The van der Waals surface area contributed by atoms with Crippen molar-refractivity contribution in [2.75, 3.05) is 18.5 Å². The molecule has 2 N–H and O–H groups in total. The van der Waals surface area contributed by atoms with Crippen LogP contribution in [0, 0.1) is 11.3 Å². The number of rotatable bonds is 8. The minimum atomic E-state index is -4.79. The maximum atomic E-state index is 14.5. The van der Waals surface area contributed by atoms with Gasteiger partial charge < -0.3 is 9.67 Å². The molecule has 3 aromatic heterocycles. The third-order valence-corrected chi connectivity index (χ3v) is 9.03. The summed E-state index contributed by atoms with van der Waals surface area (Å²) < 4.78 is 45.3. The van der Waals surface area contributed by atoms with E-state index in [0.29, 0.717) is 63.9 Å². The Hall–Kier alpha value is -3.80. The molecule has 0 saturated carbocycles. The highest BCUT2D eigenvalue weighted by Gasteiger charge is 2.39. The van der Waals surface area contributed by atoms with Gasteiger partial charge in [0.1, 0.15) is 21.6 Å². The Kier molecular flexibility index (Phi) is 7.97. The van der Waals surface area contributed by atoms with Crippen LogP contribution in [0.4, 0.5) is 18.3 Å². The lowest BCUT2D eigenvalue weighted by Crippen LogP contribution is -2.49. The minimum absolute atomic E-state index is 0.0493. The molecular weight excluding hydrogens is 619 g/mol. The average Bonchev–Trinajstić information content (AvgIpc) is 3.69. The van der Waals surface area contributed by atoms with Crippen LogP contribution in [0.3, 0.4) is 0 Å². The number of nitrogens with one attached hydrogen (secondary N) is 1. The van der Waals surface area contributed by atoms with Crippen LogP contribution in [0.25, 0.3) is 32.7 Å². The number of hydrazone groups is 1. The van der Waals surface area contributed by atoms with Crippen molar-refractivity contribution in [3.8, 4) is 27.9 Å². The Morgan fingerprint density at radius 1 is 1.19 bits per heavy atom. The summed E-state index contributed by atoms with van der Waals surface area (Å²) in [7, 11) is 0. The second-order valence-corrected chi connectivity index (χ2v) is 12.2. The van der Waals surface area contributed by atoms with Crippen LogP contribution in [0.1, 0.15) is 23.1 Å². The van der Waals surface area contributed by atoms with Crippen molar-refractivity contribution in [2.45, 2.75) is 32.3 Å². The van der Waals surface area contributed by atoms with Crippen molar-refractivity contribution in [3.63, 3.8) is 0 Å². The van der Waals surface area contributed by atoms with Gasteiger partial charge in [0.25, 0.3) is 0 Å². The Balaban J connectivity index is 1.35. The van der Waals surface area contributed by atoms with Gasteiger partial charge in [0, 0.05) is 70.4 Å². The fourth-order valence-electron chi connectivity index (χ4n) is 4.92. The molecule has 0 atom stereocenters. The van der Waals surface area contributed by atoms with Crippen LogP contribution in [0.15, 0.2) is 59.1 Å². The molecule has 43 heavy (non-hydrogen) atoms. The molecule has 0 unspecified atom stereocenters. The molecule has 5 aromatic rings. The monoisotopic (exact) mass is 641 g/mol. The van der Waals surface area contributed by atoms with E-state index in [9.17, 15) is 23.5 Å². The highest BCUT2D eigenvalue weighted by molar-refractivity contribution is 7.16. The number of aromatic nitrogens is 3. The Labute approximate surface area is 257 Å². The number of likely N-dealkylation sites (tertiary alicyclic amines) is 1. The second-order valence-electron chi connectivity index (χ2n) is 9.94. The number of alkyl halides is 3. The van der Waals surface area contributed by atoms with Gasteiger partial charge in [-0.05, 0) is 37.3 Å². The largest absolute Gasteiger partial charge is 0.435 e. The van der Waals surface area contributed by atoms with Crippen LogP contribution < -0.4 is 5.43 Å². The number of nitriles is 1. The van der Waals surface area contributed by atoms with E-state index < -0.39 is 11.9 Å². The van der Waals surface area contributed by atoms with Crippen molar-refractivity contribution in [2.24, 2.45) is 5.10 Å². The summed E-state index contributed by atoms with van der Waals surface area (Å²) in [6, 6.07) is 14.1. The first kappa shape index (κ1) is 29.3. The molecule has 1 fully saturated rings. The summed E-state index contributed by atoms with van der Waals surface area (Å²) in [4.78, 5) is 11.3.